The molecule has 5 saturated carbocycles. The molecule has 0 radical (unpaired) electrons. The molecule has 2 nitrogen and oxygen atoms in total. The van der Waals surface area contributed by atoms with Crippen LogP contribution in [0.2, 0.25) is 0 Å². The van der Waals surface area contributed by atoms with Crippen LogP contribution >= 0.6 is 0 Å². The van der Waals surface area contributed by atoms with Gasteiger partial charge < -0.3 is 5.11 Å². The Morgan fingerprint density at radius 2 is 2.00 bits per heavy atom. The van der Waals surface area contributed by atoms with Gasteiger partial charge in [-0.25, -0.2) is 0 Å². The Bertz CT molecular complexity index is 510. The van der Waals surface area contributed by atoms with Crippen molar-refractivity contribution >= 4 is 5.78 Å². The van der Waals surface area contributed by atoms with Crippen molar-refractivity contribution in [3.05, 3.63) is 0 Å². The zero-order valence-electron chi connectivity index (χ0n) is 13.9. The number of aliphatic hydroxyl groups excluding tert-OH is 1. The summed E-state index contributed by atoms with van der Waals surface area (Å²) in [5.41, 5.74) is 0.729. The lowest BCUT2D eigenvalue weighted by atomic mass is 9.48. The Morgan fingerprint density at radius 1 is 1.14 bits per heavy atom. The van der Waals surface area contributed by atoms with E-state index in [9.17, 15) is 9.90 Å². The normalized spacial score (nSPS) is 59.3. The van der Waals surface area contributed by atoms with Crippen LogP contribution in [0.25, 0.3) is 0 Å². The first-order chi connectivity index (χ1) is 10.6. The highest BCUT2D eigenvalue weighted by molar-refractivity contribution is 5.79. The fourth-order valence-electron chi connectivity index (χ4n) is 8.10. The van der Waals surface area contributed by atoms with E-state index in [1.54, 1.807) is 0 Å². The van der Waals surface area contributed by atoms with E-state index in [0.29, 0.717) is 23.2 Å². The molecule has 0 heterocycles. The van der Waals surface area contributed by atoms with Crippen LogP contribution in [0.15, 0.2) is 0 Å². The topological polar surface area (TPSA) is 37.3 Å². The Morgan fingerprint density at radius 3 is 2.82 bits per heavy atom. The predicted octanol–water partition coefficient (Wildman–Crippen LogP) is 3.82. The number of fused-ring (bicyclic) bond motifs is 7. The number of hydrogen-bond donors (Lipinski definition) is 1. The summed E-state index contributed by atoms with van der Waals surface area (Å²) in [4.78, 5) is 11.8. The fraction of sp³-hybridized carbons (Fsp3) is 0.950. The second kappa shape index (κ2) is 4.37. The molecule has 0 aromatic heterocycles. The van der Waals surface area contributed by atoms with Gasteiger partial charge in [0.2, 0.25) is 0 Å². The summed E-state index contributed by atoms with van der Waals surface area (Å²) in [5.74, 6) is 5.61. The maximum absolute atomic E-state index is 11.8. The lowest BCUT2D eigenvalue weighted by Gasteiger charge is -2.56. The highest BCUT2D eigenvalue weighted by Gasteiger charge is 2.73. The molecular weight excluding hydrogens is 272 g/mol. The lowest BCUT2D eigenvalue weighted by molar-refractivity contribution is -0.128. The second-order valence-electron chi connectivity index (χ2n) is 9.62. The van der Waals surface area contributed by atoms with Crippen molar-refractivity contribution in [2.45, 2.75) is 64.7 Å². The average Bonchev–Trinajstić information content (AvgIpc) is 3.18. The van der Waals surface area contributed by atoms with E-state index < -0.39 is 0 Å². The van der Waals surface area contributed by atoms with E-state index in [1.807, 2.05) is 0 Å². The number of Topliss-reactive ketones (excluding diaryl/α,β-unsaturated/α-hetero) is 1. The van der Waals surface area contributed by atoms with Gasteiger partial charge in [-0.1, -0.05) is 6.92 Å². The van der Waals surface area contributed by atoms with Crippen molar-refractivity contribution < 1.29 is 9.90 Å². The molecule has 0 aromatic carbocycles. The molecule has 0 saturated heterocycles. The van der Waals surface area contributed by atoms with E-state index in [4.69, 9.17) is 0 Å². The molecule has 0 amide bonds. The molecule has 5 fully saturated rings. The van der Waals surface area contributed by atoms with Gasteiger partial charge in [-0.2, -0.15) is 0 Å². The summed E-state index contributed by atoms with van der Waals surface area (Å²) in [7, 11) is 0. The maximum atomic E-state index is 11.8. The summed E-state index contributed by atoms with van der Waals surface area (Å²) in [6.45, 7) is 2.95. The van der Waals surface area contributed by atoms with Gasteiger partial charge in [-0.15, -0.1) is 0 Å². The van der Waals surface area contributed by atoms with Gasteiger partial charge in [-0.3, -0.25) is 4.79 Å². The zero-order chi connectivity index (χ0) is 15.1. The summed E-state index contributed by atoms with van der Waals surface area (Å²) in [6.07, 6.45) is 11.0. The standard InChI is InChI=1S/C20H30O2/c1-19-7-6-16-15-5-3-14(22)8-12(15)2-4-17(16)18(19)9-13-10-20(13,19)11-21/h12-13,15-18,21H,2-11H2,1H3/t12-,13+,15-,16+,17+,18+,19-,20+/m0/s1. The largest absolute Gasteiger partial charge is 0.396 e. The van der Waals surface area contributed by atoms with Crippen LogP contribution in [0, 0.1) is 46.3 Å². The van der Waals surface area contributed by atoms with Gasteiger partial charge in [0.15, 0.2) is 0 Å². The molecule has 5 rings (SSSR count). The number of carbonyl (C=O) groups excluding carboxylic acids is 1. The summed E-state index contributed by atoms with van der Waals surface area (Å²) in [5, 5.41) is 10.0. The van der Waals surface area contributed by atoms with Crippen molar-refractivity contribution in [1.82, 2.24) is 0 Å². The number of aliphatic hydroxyl groups is 1. The molecule has 5 aliphatic rings. The van der Waals surface area contributed by atoms with Crippen molar-refractivity contribution in [2.75, 3.05) is 6.61 Å². The summed E-state index contributed by atoms with van der Waals surface area (Å²) >= 11 is 0. The van der Waals surface area contributed by atoms with Gasteiger partial charge in [0.05, 0.1) is 0 Å². The minimum Gasteiger partial charge on any atom is -0.396 e. The molecule has 0 spiro atoms. The molecule has 0 bridgehead atoms. The third-order valence-electron chi connectivity index (χ3n) is 9.34. The summed E-state index contributed by atoms with van der Waals surface area (Å²) in [6, 6.07) is 0. The van der Waals surface area contributed by atoms with Crippen LogP contribution < -0.4 is 0 Å². The smallest absolute Gasteiger partial charge is 0.133 e. The van der Waals surface area contributed by atoms with E-state index in [-0.39, 0.29) is 0 Å². The quantitative estimate of drug-likeness (QED) is 0.799. The van der Waals surface area contributed by atoms with Crippen molar-refractivity contribution in [2.24, 2.45) is 46.3 Å². The number of ketones is 1. The number of rotatable bonds is 1. The first-order valence-corrected chi connectivity index (χ1v) is 9.71. The molecule has 5 aliphatic carbocycles. The lowest BCUT2D eigenvalue weighted by Crippen LogP contribution is -2.50. The van der Waals surface area contributed by atoms with E-state index in [0.717, 1.165) is 48.3 Å². The van der Waals surface area contributed by atoms with Crippen molar-refractivity contribution in [1.29, 1.82) is 0 Å². The Labute approximate surface area is 134 Å². The van der Waals surface area contributed by atoms with Crippen LogP contribution in [0.5, 0.6) is 0 Å². The average molecular weight is 302 g/mol. The van der Waals surface area contributed by atoms with E-state index >= 15 is 0 Å². The monoisotopic (exact) mass is 302 g/mol. The van der Waals surface area contributed by atoms with Gasteiger partial charge in [0.25, 0.3) is 0 Å². The molecule has 0 aliphatic heterocycles. The molecule has 0 unspecified atom stereocenters. The highest BCUT2D eigenvalue weighted by Crippen LogP contribution is 2.79. The minimum absolute atomic E-state index is 0.308. The van der Waals surface area contributed by atoms with Crippen LogP contribution in [0.1, 0.15) is 64.7 Å². The van der Waals surface area contributed by atoms with Gasteiger partial charge in [-0.05, 0) is 85.9 Å². The third kappa shape index (κ3) is 1.53. The zero-order valence-corrected chi connectivity index (χ0v) is 13.9. The van der Waals surface area contributed by atoms with Crippen LogP contribution in [-0.2, 0) is 4.79 Å². The first-order valence-electron chi connectivity index (χ1n) is 9.71. The van der Waals surface area contributed by atoms with Crippen LogP contribution in [-0.4, -0.2) is 17.5 Å². The Kier molecular flexibility index (Phi) is 2.79. The molecule has 2 heteroatoms. The van der Waals surface area contributed by atoms with Gasteiger partial charge in [0, 0.05) is 24.9 Å². The van der Waals surface area contributed by atoms with Gasteiger partial charge in [0.1, 0.15) is 5.78 Å². The molecule has 122 valence electrons. The first kappa shape index (κ1) is 14.0. The van der Waals surface area contributed by atoms with Crippen molar-refractivity contribution in [3.63, 3.8) is 0 Å². The Balaban J connectivity index is 1.43. The highest BCUT2D eigenvalue weighted by atomic mass is 16.3. The van der Waals surface area contributed by atoms with E-state index in [1.165, 1.54) is 44.9 Å². The Hall–Kier alpha value is -0.370. The van der Waals surface area contributed by atoms with Gasteiger partial charge >= 0.3 is 0 Å². The summed E-state index contributed by atoms with van der Waals surface area (Å²) < 4.78 is 0. The minimum atomic E-state index is 0.308. The van der Waals surface area contributed by atoms with Crippen LogP contribution in [0.3, 0.4) is 0 Å². The van der Waals surface area contributed by atoms with Crippen molar-refractivity contribution in [3.8, 4) is 0 Å². The molecule has 22 heavy (non-hydrogen) atoms. The molecule has 0 aromatic rings. The predicted molar refractivity (Wildman–Crippen MR) is 85.1 cm³/mol. The fourth-order valence-corrected chi connectivity index (χ4v) is 8.10. The number of carbonyl (C=O) groups is 1. The maximum Gasteiger partial charge on any atom is 0.133 e. The molecular formula is C20H30O2. The van der Waals surface area contributed by atoms with E-state index in [2.05, 4.69) is 6.92 Å². The molecule has 8 atom stereocenters. The third-order valence-corrected chi connectivity index (χ3v) is 9.34. The second-order valence-corrected chi connectivity index (χ2v) is 9.62. The molecule has 1 N–H and O–H groups in total. The number of hydrogen-bond acceptors (Lipinski definition) is 2. The SMILES string of the molecule is C[C@]12CC[C@H]3[C@@H](CC[C@H]4CC(=O)CC[C@@H]43)[C@H]1C[C@@H]1C[C@@]12CO. The van der Waals surface area contributed by atoms with Crippen LogP contribution in [0.4, 0.5) is 0 Å².